The van der Waals surface area contributed by atoms with Crippen molar-refractivity contribution in [2.45, 2.75) is 84.0 Å². The molecule has 0 unspecified atom stereocenters. The van der Waals surface area contributed by atoms with Gasteiger partial charge in [-0.25, -0.2) is 4.57 Å². The first-order valence-electron chi connectivity index (χ1n) is 13.0. The number of unbranched alkanes of at least 4 members (excludes halogenated alkanes) is 8. The van der Waals surface area contributed by atoms with Gasteiger partial charge in [0, 0.05) is 33.2 Å². The Bertz CT molecular complexity index is 725. The molecule has 0 atom stereocenters. The van der Waals surface area contributed by atoms with E-state index in [-0.39, 0.29) is 19.1 Å². The maximum atomic E-state index is 12.8. The number of phosphoric ester groups is 1. The lowest BCUT2D eigenvalue weighted by Crippen LogP contribution is -2.35. The molecule has 8 nitrogen and oxygen atoms in total. The number of methoxy groups -OCH3 is 1. The van der Waals surface area contributed by atoms with Crippen LogP contribution in [0.2, 0.25) is 0 Å². The van der Waals surface area contributed by atoms with E-state index in [2.05, 4.69) is 11.4 Å². The number of benzene rings is 1. The van der Waals surface area contributed by atoms with Crippen molar-refractivity contribution in [2.24, 2.45) is 0 Å². The predicted octanol–water partition coefficient (Wildman–Crippen LogP) is 5.50. The van der Waals surface area contributed by atoms with Crippen LogP contribution in [0, 0.1) is 0 Å². The van der Waals surface area contributed by atoms with Crippen LogP contribution in [-0.4, -0.2) is 60.6 Å². The van der Waals surface area contributed by atoms with Gasteiger partial charge >= 0.3 is 7.82 Å². The van der Waals surface area contributed by atoms with Crippen LogP contribution < -0.4 is 4.74 Å². The second-order valence-corrected chi connectivity index (χ2v) is 10.1. The van der Waals surface area contributed by atoms with Gasteiger partial charge in [0.2, 0.25) is 5.91 Å². The smallest absolute Gasteiger partial charge is 0.469 e. The van der Waals surface area contributed by atoms with E-state index in [0.717, 1.165) is 30.6 Å². The monoisotopic (exact) mass is 515 g/mol. The molecule has 35 heavy (non-hydrogen) atoms. The number of amides is 1. The van der Waals surface area contributed by atoms with Gasteiger partial charge in [0.25, 0.3) is 0 Å². The average Bonchev–Trinajstić information content (AvgIpc) is 2.82. The maximum absolute atomic E-state index is 12.8. The molecule has 0 bridgehead atoms. The van der Waals surface area contributed by atoms with Gasteiger partial charge in [-0.05, 0) is 43.4 Å². The fourth-order valence-electron chi connectivity index (χ4n) is 3.81. The van der Waals surface area contributed by atoms with Crippen molar-refractivity contribution in [1.82, 2.24) is 4.90 Å². The van der Waals surface area contributed by atoms with Crippen LogP contribution in [0.4, 0.5) is 0 Å². The van der Waals surface area contributed by atoms with Crippen LogP contribution in [0.15, 0.2) is 24.3 Å². The molecule has 0 aromatic heterocycles. The summed E-state index contributed by atoms with van der Waals surface area (Å²) in [6.45, 7) is 3.97. The second-order valence-electron chi connectivity index (χ2n) is 8.88. The van der Waals surface area contributed by atoms with Gasteiger partial charge in [-0.15, -0.1) is 0 Å². The van der Waals surface area contributed by atoms with Crippen LogP contribution in [0.1, 0.15) is 83.1 Å². The molecular weight excluding hydrogens is 469 g/mol. The molecule has 0 aliphatic rings. The van der Waals surface area contributed by atoms with Gasteiger partial charge in [-0.3, -0.25) is 9.32 Å². The third-order valence-corrected chi connectivity index (χ3v) is 6.31. The Labute approximate surface area is 211 Å². The molecule has 9 heteroatoms. The van der Waals surface area contributed by atoms with Crippen molar-refractivity contribution in [1.29, 1.82) is 0 Å². The lowest BCUT2D eigenvalue weighted by Gasteiger charge is -2.23. The highest BCUT2D eigenvalue weighted by molar-refractivity contribution is 7.46. The summed E-state index contributed by atoms with van der Waals surface area (Å²) in [5, 5.41) is 0. The van der Waals surface area contributed by atoms with Gasteiger partial charge in [0.05, 0.1) is 13.2 Å². The SMILES string of the molecule is CCCCCCCCCCOc1cccc(CCC(=O)N(CCCCOC)CCOP(=O)(O)O)c1. The van der Waals surface area contributed by atoms with Crippen molar-refractivity contribution in [2.75, 3.05) is 40.0 Å². The van der Waals surface area contributed by atoms with Gasteiger partial charge in [0.1, 0.15) is 5.75 Å². The first kappa shape index (κ1) is 31.6. The van der Waals surface area contributed by atoms with E-state index in [1.54, 1.807) is 12.0 Å². The summed E-state index contributed by atoms with van der Waals surface area (Å²) < 4.78 is 26.4. The largest absolute Gasteiger partial charge is 0.494 e. The number of aryl methyl sites for hydroxylation is 1. The van der Waals surface area contributed by atoms with Crippen LogP contribution in [0.5, 0.6) is 5.75 Å². The van der Waals surface area contributed by atoms with E-state index < -0.39 is 7.82 Å². The second kappa shape index (κ2) is 19.7. The minimum atomic E-state index is -4.55. The molecule has 0 spiro atoms. The molecule has 0 saturated carbocycles. The van der Waals surface area contributed by atoms with Crippen molar-refractivity contribution in [3.05, 3.63) is 29.8 Å². The fraction of sp³-hybridized carbons (Fsp3) is 0.731. The number of carbonyl (C=O) groups is 1. The fourth-order valence-corrected chi connectivity index (χ4v) is 4.13. The standard InChI is InChI=1S/C26H46NO7P/c1-3-4-5-6-7-8-9-11-21-33-25-15-13-14-24(23-25)16-17-26(28)27(18-10-12-20-32-2)19-22-34-35(29,30)31/h13-15,23H,3-12,16-22H2,1-2H3,(H2,29,30,31). The quantitative estimate of drug-likeness (QED) is 0.155. The van der Waals surface area contributed by atoms with E-state index in [1.165, 1.54) is 44.9 Å². The van der Waals surface area contributed by atoms with Crippen molar-refractivity contribution in [3.63, 3.8) is 0 Å². The number of hydrogen-bond acceptors (Lipinski definition) is 5. The number of nitrogens with zero attached hydrogens (tertiary/aromatic N) is 1. The highest BCUT2D eigenvalue weighted by Crippen LogP contribution is 2.35. The minimum Gasteiger partial charge on any atom is -0.494 e. The van der Waals surface area contributed by atoms with Crippen molar-refractivity contribution < 1.29 is 33.1 Å². The molecular formula is C26H46NO7P. The lowest BCUT2D eigenvalue weighted by atomic mass is 10.1. The Hall–Kier alpha value is -1.44. The zero-order valence-corrected chi connectivity index (χ0v) is 22.6. The molecule has 0 fully saturated rings. The van der Waals surface area contributed by atoms with Crippen molar-refractivity contribution >= 4 is 13.7 Å². The molecule has 0 heterocycles. The number of carbonyl (C=O) groups excluding carboxylic acids is 1. The molecule has 1 amide bonds. The summed E-state index contributed by atoms with van der Waals surface area (Å²) in [6, 6.07) is 7.85. The third-order valence-electron chi connectivity index (χ3n) is 5.79. The highest BCUT2D eigenvalue weighted by Gasteiger charge is 2.17. The molecule has 0 aliphatic heterocycles. The summed E-state index contributed by atoms with van der Waals surface area (Å²) in [7, 11) is -2.92. The zero-order valence-electron chi connectivity index (χ0n) is 21.7. The topological polar surface area (TPSA) is 106 Å². The Morgan fingerprint density at radius 1 is 0.914 bits per heavy atom. The highest BCUT2D eigenvalue weighted by atomic mass is 31.2. The molecule has 2 N–H and O–H groups in total. The maximum Gasteiger partial charge on any atom is 0.469 e. The van der Waals surface area contributed by atoms with E-state index in [1.807, 2.05) is 24.3 Å². The normalized spacial score (nSPS) is 11.5. The molecule has 0 saturated heterocycles. The number of ether oxygens (including phenoxy) is 2. The zero-order chi connectivity index (χ0) is 25.8. The summed E-state index contributed by atoms with van der Waals surface area (Å²) in [5.74, 6) is 0.756. The molecule has 1 aromatic carbocycles. The van der Waals surface area contributed by atoms with E-state index in [9.17, 15) is 9.36 Å². The van der Waals surface area contributed by atoms with E-state index in [0.29, 0.717) is 32.6 Å². The Kier molecular flexibility index (Phi) is 17.8. The molecule has 1 aromatic rings. The van der Waals surface area contributed by atoms with Crippen LogP contribution >= 0.6 is 7.82 Å². The average molecular weight is 516 g/mol. The summed E-state index contributed by atoms with van der Waals surface area (Å²) in [5.41, 5.74) is 1.03. The minimum absolute atomic E-state index is 0.0676. The molecule has 1 rings (SSSR count). The van der Waals surface area contributed by atoms with Crippen LogP contribution in [0.3, 0.4) is 0 Å². The molecule has 0 radical (unpaired) electrons. The summed E-state index contributed by atoms with van der Waals surface area (Å²) >= 11 is 0. The third kappa shape index (κ3) is 17.6. The van der Waals surface area contributed by atoms with Gasteiger partial charge < -0.3 is 24.2 Å². The summed E-state index contributed by atoms with van der Waals surface area (Å²) in [6.07, 6.45) is 12.5. The Morgan fingerprint density at radius 3 is 2.29 bits per heavy atom. The molecule has 202 valence electrons. The van der Waals surface area contributed by atoms with Gasteiger partial charge in [0.15, 0.2) is 0 Å². The summed E-state index contributed by atoms with van der Waals surface area (Å²) in [4.78, 5) is 32.2. The van der Waals surface area contributed by atoms with Crippen LogP contribution in [0.25, 0.3) is 0 Å². The first-order valence-corrected chi connectivity index (χ1v) is 14.6. The lowest BCUT2D eigenvalue weighted by molar-refractivity contribution is -0.131. The Morgan fingerprint density at radius 2 is 1.60 bits per heavy atom. The molecule has 0 aliphatic carbocycles. The Balaban J connectivity index is 2.40. The van der Waals surface area contributed by atoms with E-state index in [4.69, 9.17) is 19.3 Å². The number of phosphoric acid groups is 1. The predicted molar refractivity (Wildman–Crippen MR) is 139 cm³/mol. The first-order chi connectivity index (χ1) is 16.9. The van der Waals surface area contributed by atoms with E-state index >= 15 is 0 Å². The van der Waals surface area contributed by atoms with Gasteiger partial charge in [-0.1, -0.05) is 64.0 Å². The van der Waals surface area contributed by atoms with Crippen LogP contribution in [-0.2, 0) is 25.0 Å². The van der Waals surface area contributed by atoms with Gasteiger partial charge in [-0.2, -0.15) is 0 Å². The number of rotatable bonds is 22. The van der Waals surface area contributed by atoms with Crippen molar-refractivity contribution in [3.8, 4) is 5.75 Å². The number of hydrogen-bond donors (Lipinski definition) is 2.